The van der Waals surface area contributed by atoms with E-state index < -0.39 is 0 Å². The number of aromatic nitrogens is 2. The lowest BCUT2D eigenvalue weighted by molar-refractivity contribution is -0.384. The van der Waals surface area contributed by atoms with Crippen molar-refractivity contribution in [2.75, 3.05) is 0 Å². The molecule has 6 nitrogen and oxygen atoms in total. The van der Waals surface area contributed by atoms with Gasteiger partial charge in [0, 0.05) is 44.0 Å². The summed E-state index contributed by atoms with van der Waals surface area (Å²) in [5.41, 5.74) is 8.84. The van der Waals surface area contributed by atoms with Gasteiger partial charge in [0.05, 0.1) is 4.92 Å². The fourth-order valence-electron chi connectivity index (χ4n) is 2.59. The van der Waals surface area contributed by atoms with E-state index in [-0.39, 0.29) is 10.6 Å². The van der Waals surface area contributed by atoms with Gasteiger partial charge in [-0.2, -0.15) is 0 Å². The molecule has 2 aromatic carbocycles. The minimum absolute atomic E-state index is 0.1000. The van der Waals surface area contributed by atoms with E-state index in [1.807, 2.05) is 24.4 Å². The van der Waals surface area contributed by atoms with Crippen LogP contribution in [0, 0.1) is 10.1 Å². The maximum atomic E-state index is 10.9. The first-order valence-corrected chi connectivity index (χ1v) is 7.67. The highest BCUT2D eigenvalue weighted by atomic mass is 16.6. The summed E-state index contributed by atoms with van der Waals surface area (Å²) in [7, 11) is 0. The highest BCUT2D eigenvalue weighted by Gasteiger charge is 2.09. The monoisotopic (exact) mass is 322 g/mol. The number of benzene rings is 2. The van der Waals surface area contributed by atoms with Gasteiger partial charge < -0.3 is 10.3 Å². The topological polar surface area (TPSA) is 87.0 Å². The molecule has 1 aromatic heterocycles. The van der Waals surface area contributed by atoms with Gasteiger partial charge in [-0.3, -0.25) is 10.1 Å². The summed E-state index contributed by atoms with van der Waals surface area (Å²) in [6.07, 6.45) is 4.22. The van der Waals surface area contributed by atoms with Crippen molar-refractivity contribution in [3.05, 3.63) is 93.6 Å². The van der Waals surface area contributed by atoms with Gasteiger partial charge >= 0.3 is 0 Å². The Hall–Kier alpha value is -2.99. The Labute approximate surface area is 139 Å². The molecule has 0 aliphatic rings. The molecular weight excluding hydrogens is 304 g/mol. The summed E-state index contributed by atoms with van der Waals surface area (Å²) in [4.78, 5) is 14.9. The number of non-ortho nitro benzene ring substituents is 1. The Balaban J connectivity index is 1.77. The van der Waals surface area contributed by atoms with Crippen LogP contribution in [-0.2, 0) is 19.5 Å². The summed E-state index contributed by atoms with van der Waals surface area (Å²) >= 11 is 0. The molecule has 1 heterocycles. The molecular formula is C18H18N4O2. The van der Waals surface area contributed by atoms with Gasteiger partial charge in [0.15, 0.2) is 0 Å². The van der Waals surface area contributed by atoms with Crippen LogP contribution in [0.4, 0.5) is 5.69 Å². The highest BCUT2D eigenvalue weighted by Crippen LogP contribution is 2.16. The molecule has 122 valence electrons. The zero-order valence-electron chi connectivity index (χ0n) is 13.1. The Kier molecular flexibility index (Phi) is 4.67. The molecule has 6 heteroatoms. The highest BCUT2D eigenvalue weighted by molar-refractivity contribution is 5.35. The number of hydrogen-bond donors (Lipinski definition) is 1. The third kappa shape index (κ3) is 3.67. The summed E-state index contributed by atoms with van der Waals surface area (Å²) < 4.78 is 2.05. The smallest absolute Gasteiger partial charge is 0.269 e. The van der Waals surface area contributed by atoms with E-state index >= 15 is 0 Å². The van der Waals surface area contributed by atoms with Crippen molar-refractivity contribution < 1.29 is 4.92 Å². The summed E-state index contributed by atoms with van der Waals surface area (Å²) in [5.74, 6) is 0.874. The van der Waals surface area contributed by atoms with E-state index in [0.29, 0.717) is 19.5 Å². The molecule has 0 fully saturated rings. The normalized spacial score (nSPS) is 10.7. The number of rotatable bonds is 6. The van der Waals surface area contributed by atoms with Crippen LogP contribution >= 0.6 is 0 Å². The molecule has 0 aliphatic carbocycles. The van der Waals surface area contributed by atoms with Gasteiger partial charge in [-0.15, -0.1) is 0 Å². The molecule has 0 saturated heterocycles. The standard InChI is InChI=1S/C18H18N4O2/c19-12-14-4-6-15(7-5-14)13-21-9-8-20-18(21)11-16-2-1-3-17(10-16)22(23)24/h1-10H,11-13,19H2. The van der Waals surface area contributed by atoms with Crippen molar-refractivity contribution in [1.29, 1.82) is 0 Å². The molecule has 3 rings (SSSR count). The van der Waals surface area contributed by atoms with E-state index in [9.17, 15) is 10.1 Å². The molecule has 24 heavy (non-hydrogen) atoms. The maximum Gasteiger partial charge on any atom is 0.269 e. The molecule has 0 radical (unpaired) electrons. The lowest BCUT2D eigenvalue weighted by atomic mass is 10.1. The van der Waals surface area contributed by atoms with Crippen LogP contribution in [0.1, 0.15) is 22.5 Å². The second-order valence-corrected chi connectivity index (χ2v) is 5.60. The Morgan fingerprint density at radius 1 is 1.08 bits per heavy atom. The zero-order chi connectivity index (χ0) is 16.9. The molecule has 0 unspecified atom stereocenters. The largest absolute Gasteiger partial charge is 0.330 e. The quantitative estimate of drug-likeness (QED) is 0.558. The lowest BCUT2D eigenvalue weighted by Gasteiger charge is -2.09. The fourth-order valence-corrected chi connectivity index (χ4v) is 2.59. The number of nitro benzene ring substituents is 1. The van der Waals surface area contributed by atoms with Crippen molar-refractivity contribution in [3.8, 4) is 0 Å². The van der Waals surface area contributed by atoms with E-state index in [4.69, 9.17) is 5.73 Å². The van der Waals surface area contributed by atoms with Gasteiger partial charge in [-0.05, 0) is 16.7 Å². The second kappa shape index (κ2) is 7.06. The summed E-state index contributed by atoms with van der Waals surface area (Å²) in [6.45, 7) is 1.23. The molecule has 3 aromatic rings. The molecule has 0 amide bonds. The molecule has 0 aliphatic heterocycles. The minimum atomic E-state index is -0.380. The minimum Gasteiger partial charge on any atom is -0.330 e. The number of nitrogens with two attached hydrogens (primary N) is 1. The molecule has 0 spiro atoms. The van der Waals surface area contributed by atoms with Crippen molar-refractivity contribution in [2.45, 2.75) is 19.5 Å². The lowest BCUT2D eigenvalue weighted by Crippen LogP contribution is -2.06. The van der Waals surface area contributed by atoms with Crippen LogP contribution in [0.3, 0.4) is 0 Å². The van der Waals surface area contributed by atoms with Crippen LogP contribution in [0.2, 0.25) is 0 Å². The first kappa shape index (κ1) is 15.9. The number of hydrogen-bond acceptors (Lipinski definition) is 4. The van der Waals surface area contributed by atoms with Gasteiger partial charge in [-0.25, -0.2) is 4.98 Å². The number of nitro groups is 1. The first-order chi connectivity index (χ1) is 11.7. The Morgan fingerprint density at radius 3 is 2.54 bits per heavy atom. The van der Waals surface area contributed by atoms with Crippen molar-refractivity contribution >= 4 is 5.69 Å². The third-order valence-electron chi connectivity index (χ3n) is 3.90. The van der Waals surface area contributed by atoms with Crippen LogP contribution in [0.5, 0.6) is 0 Å². The van der Waals surface area contributed by atoms with Crippen molar-refractivity contribution in [1.82, 2.24) is 9.55 Å². The Morgan fingerprint density at radius 2 is 1.83 bits per heavy atom. The Bertz CT molecular complexity index is 840. The van der Waals surface area contributed by atoms with Crippen LogP contribution < -0.4 is 5.73 Å². The van der Waals surface area contributed by atoms with E-state index in [0.717, 1.165) is 22.5 Å². The van der Waals surface area contributed by atoms with E-state index in [1.165, 1.54) is 6.07 Å². The van der Waals surface area contributed by atoms with Crippen LogP contribution in [-0.4, -0.2) is 14.5 Å². The van der Waals surface area contributed by atoms with Crippen molar-refractivity contribution in [2.24, 2.45) is 5.73 Å². The number of nitrogens with zero attached hydrogens (tertiary/aromatic N) is 3. The second-order valence-electron chi connectivity index (χ2n) is 5.60. The van der Waals surface area contributed by atoms with Crippen LogP contribution in [0.15, 0.2) is 60.9 Å². The summed E-state index contributed by atoms with van der Waals surface area (Å²) in [6, 6.07) is 14.8. The predicted molar refractivity (Wildman–Crippen MR) is 91.6 cm³/mol. The van der Waals surface area contributed by atoms with Gasteiger partial charge in [-0.1, -0.05) is 36.4 Å². The van der Waals surface area contributed by atoms with E-state index in [2.05, 4.69) is 21.7 Å². The third-order valence-corrected chi connectivity index (χ3v) is 3.90. The molecule has 0 atom stereocenters. The predicted octanol–water partition coefficient (Wildman–Crippen LogP) is 2.89. The van der Waals surface area contributed by atoms with Gasteiger partial charge in [0.1, 0.15) is 5.82 Å². The molecule has 0 bridgehead atoms. The van der Waals surface area contributed by atoms with E-state index in [1.54, 1.807) is 18.3 Å². The van der Waals surface area contributed by atoms with Crippen molar-refractivity contribution in [3.63, 3.8) is 0 Å². The fraction of sp³-hybridized carbons (Fsp3) is 0.167. The first-order valence-electron chi connectivity index (χ1n) is 7.67. The molecule has 2 N–H and O–H groups in total. The number of imidazole rings is 1. The van der Waals surface area contributed by atoms with Gasteiger partial charge in [0.2, 0.25) is 0 Å². The average molecular weight is 322 g/mol. The summed E-state index contributed by atoms with van der Waals surface area (Å²) in [5, 5.41) is 10.9. The van der Waals surface area contributed by atoms with Crippen LogP contribution in [0.25, 0.3) is 0 Å². The maximum absolute atomic E-state index is 10.9. The SMILES string of the molecule is NCc1ccc(Cn2ccnc2Cc2cccc([N+](=O)[O-])c2)cc1. The van der Waals surface area contributed by atoms with Gasteiger partial charge in [0.25, 0.3) is 5.69 Å². The average Bonchev–Trinajstić information content (AvgIpc) is 3.02. The zero-order valence-corrected chi connectivity index (χ0v) is 13.1. The molecule has 0 saturated carbocycles.